The van der Waals surface area contributed by atoms with E-state index in [1.165, 1.54) is 31.8 Å². The lowest BCUT2D eigenvalue weighted by Gasteiger charge is -2.28. The number of benzene rings is 10. The molecular weight excluding hydrogens is 843 g/mol. The summed E-state index contributed by atoms with van der Waals surface area (Å²) in [5, 5.41) is 9.66. The maximum atomic E-state index is 14.0. The molecule has 0 N–H and O–H groups in total. The molecule has 0 aromatic heterocycles. The van der Waals surface area contributed by atoms with Crippen LogP contribution >= 0.6 is 14.5 Å². The Morgan fingerprint density at radius 3 is 0.742 bits per heavy atom. The molecule has 0 fully saturated rings. The van der Waals surface area contributed by atoms with Gasteiger partial charge < -0.3 is 9.47 Å². The Morgan fingerprint density at radius 2 is 0.485 bits per heavy atom. The molecule has 0 spiro atoms. The standard InChI is InChI=1S/C61H46O3P2/c62-61(47-39-43-49(44-40-47)63-57-35-19-21-37-59(57)65(51-23-7-1-8-24-51,52-25-9-2-10-26-52)53-27-11-3-12-28-53)48-41-45-50(46-42-48)64-58-36-20-22-38-60(58)66(54-29-13-4-14-30-54,55-31-15-5-16-32-55)56-33-17-6-18-34-56/h1-46H/q+2. The third-order valence-corrected chi connectivity index (χ3v) is 20.6. The van der Waals surface area contributed by atoms with Gasteiger partial charge in [0.1, 0.15) is 57.9 Å². The molecule has 0 amide bonds. The molecule has 5 heteroatoms. The van der Waals surface area contributed by atoms with E-state index in [2.05, 4.69) is 206 Å². The van der Waals surface area contributed by atoms with Gasteiger partial charge in [-0.15, -0.1) is 0 Å². The summed E-state index contributed by atoms with van der Waals surface area (Å²) in [5.41, 5.74) is 1.13. The van der Waals surface area contributed by atoms with Gasteiger partial charge >= 0.3 is 0 Å². The van der Waals surface area contributed by atoms with E-state index in [-0.39, 0.29) is 5.78 Å². The summed E-state index contributed by atoms with van der Waals surface area (Å²) in [6, 6.07) is 96.2. The Hall–Kier alpha value is -7.67. The van der Waals surface area contributed by atoms with E-state index in [0.717, 1.165) is 22.1 Å². The first kappa shape index (κ1) is 42.3. The van der Waals surface area contributed by atoms with Crippen molar-refractivity contribution in [2.45, 2.75) is 0 Å². The van der Waals surface area contributed by atoms with Crippen LogP contribution < -0.4 is 51.9 Å². The molecule has 0 atom stereocenters. The van der Waals surface area contributed by atoms with Gasteiger partial charge in [-0.3, -0.25) is 4.79 Å². The predicted molar refractivity (Wildman–Crippen MR) is 279 cm³/mol. The van der Waals surface area contributed by atoms with Crippen molar-refractivity contribution in [1.82, 2.24) is 0 Å². The second-order valence-corrected chi connectivity index (χ2v) is 22.6. The number of hydrogen-bond acceptors (Lipinski definition) is 3. The second-order valence-electron chi connectivity index (χ2n) is 15.9. The average molecular weight is 889 g/mol. The minimum Gasteiger partial charge on any atom is -0.453 e. The van der Waals surface area contributed by atoms with E-state index in [0.29, 0.717) is 22.6 Å². The monoisotopic (exact) mass is 888 g/mol. The lowest BCUT2D eigenvalue weighted by atomic mass is 10.0. The number of ether oxygens (including phenoxy) is 2. The maximum absolute atomic E-state index is 14.0. The summed E-state index contributed by atoms with van der Waals surface area (Å²) >= 11 is 0. The van der Waals surface area contributed by atoms with Gasteiger partial charge in [0.05, 0.1) is 0 Å². The molecule has 0 bridgehead atoms. The number of hydrogen-bond donors (Lipinski definition) is 0. The molecule has 0 aliphatic rings. The summed E-state index contributed by atoms with van der Waals surface area (Å²) in [7, 11) is -4.83. The van der Waals surface area contributed by atoms with Crippen molar-refractivity contribution in [2.75, 3.05) is 0 Å². The number of ketones is 1. The summed E-state index contributed by atoms with van der Waals surface area (Å²) in [5.74, 6) is 2.75. The van der Waals surface area contributed by atoms with Gasteiger partial charge in [-0.25, -0.2) is 0 Å². The molecule has 10 rings (SSSR count). The van der Waals surface area contributed by atoms with Crippen molar-refractivity contribution in [2.24, 2.45) is 0 Å². The third-order valence-electron chi connectivity index (χ3n) is 12.0. The topological polar surface area (TPSA) is 35.5 Å². The fourth-order valence-electron chi connectivity index (χ4n) is 9.05. The van der Waals surface area contributed by atoms with E-state index < -0.39 is 14.5 Å². The number of carbonyl (C=O) groups is 1. The zero-order valence-corrected chi connectivity index (χ0v) is 38.0. The Labute approximate surface area is 388 Å². The highest BCUT2D eigenvalue weighted by atomic mass is 31.2. The first-order chi connectivity index (χ1) is 32.7. The lowest BCUT2D eigenvalue weighted by molar-refractivity contribution is 0.103. The van der Waals surface area contributed by atoms with E-state index in [1.54, 1.807) is 0 Å². The molecular formula is C61H46O3P2+2. The molecule has 0 unspecified atom stereocenters. The highest BCUT2D eigenvalue weighted by Crippen LogP contribution is 2.57. The van der Waals surface area contributed by atoms with Crippen LogP contribution in [0.3, 0.4) is 0 Å². The van der Waals surface area contributed by atoms with Crippen molar-refractivity contribution in [3.63, 3.8) is 0 Å². The zero-order valence-electron chi connectivity index (χ0n) is 36.2. The molecule has 316 valence electrons. The fourth-order valence-corrected chi connectivity index (χ4v) is 17.7. The van der Waals surface area contributed by atoms with Crippen molar-refractivity contribution >= 4 is 62.7 Å². The van der Waals surface area contributed by atoms with Crippen molar-refractivity contribution in [3.05, 3.63) is 290 Å². The van der Waals surface area contributed by atoms with Crippen LogP contribution in [-0.2, 0) is 0 Å². The van der Waals surface area contributed by atoms with E-state index in [1.807, 2.05) is 72.8 Å². The molecule has 0 aliphatic carbocycles. The summed E-state index contributed by atoms with van der Waals surface area (Å²) < 4.78 is 13.6. The largest absolute Gasteiger partial charge is 0.453 e. The Bertz CT molecular complexity index is 2760. The smallest absolute Gasteiger partial charge is 0.193 e. The van der Waals surface area contributed by atoms with Crippen LogP contribution in [-0.4, -0.2) is 5.78 Å². The van der Waals surface area contributed by atoms with Gasteiger partial charge in [-0.2, -0.15) is 0 Å². The second kappa shape index (κ2) is 19.2. The van der Waals surface area contributed by atoms with E-state index in [9.17, 15) is 4.79 Å². The zero-order chi connectivity index (χ0) is 44.6. The van der Waals surface area contributed by atoms with Crippen molar-refractivity contribution < 1.29 is 14.3 Å². The van der Waals surface area contributed by atoms with Crippen LogP contribution in [0.2, 0.25) is 0 Å². The van der Waals surface area contributed by atoms with Crippen LogP contribution in [0.5, 0.6) is 23.0 Å². The molecule has 10 aromatic rings. The molecule has 0 radical (unpaired) electrons. The molecule has 0 saturated heterocycles. The minimum absolute atomic E-state index is 0.0850. The van der Waals surface area contributed by atoms with Crippen LogP contribution in [0.4, 0.5) is 0 Å². The van der Waals surface area contributed by atoms with E-state index in [4.69, 9.17) is 9.47 Å². The fraction of sp³-hybridized carbons (Fsp3) is 0. The number of para-hydroxylation sites is 2. The van der Waals surface area contributed by atoms with Gasteiger partial charge in [-0.05, 0) is 146 Å². The lowest BCUT2D eigenvalue weighted by Crippen LogP contribution is -2.39. The van der Waals surface area contributed by atoms with Crippen molar-refractivity contribution in [1.29, 1.82) is 0 Å². The molecule has 0 saturated carbocycles. The number of carbonyl (C=O) groups excluding carboxylic acids is 1. The Balaban J connectivity index is 0.938. The maximum Gasteiger partial charge on any atom is 0.193 e. The summed E-state index contributed by atoms with van der Waals surface area (Å²) in [6.45, 7) is 0. The van der Waals surface area contributed by atoms with Crippen LogP contribution in [0, 0.1) is 0 Å². The summed E-state index contributed by atoms with van der Waals surface area (Å²) in [4.78, 5) is 14.0. The predicted octanol–water partition coefficient (Wildman–Crippen LogP) is 11.7. The van der Waals surface area contributed by atoms with Gasteiger partial charge in [0.25, 0.3) is 0 Å². The molecule has 0 heterocycles. The average Bonchev–Trinajstić information content (AvgIpc) is 3.40. The van der Waals surface area contributed by atoms with Crippen LogP contribution in [0.1, 0.15) is 15.9 Å². The van der Waals surface area contributed by atoms with Crippen LogP contribution in [0.25, 0.3) is 0 Å². The Morgan fingerprint density at radius 1 is 0.258 bits per heavy atom. The van der Waals surface area contributed by atoms with Gasteiger partial charge in [0.15, 0.2) is 27.9 Å². The molecule has 3 nitrogen and oxygen atoms in total. The number of rotatable bonds is 14. The van der Waals surface area contributed by atoms with Gasteiger partial charge in [0.2, 0.25) is 0 Å². The van der Waals surface area contributed by atoms with Crippen LogP contribution in [0.15, 0.2) is 279 Å². The highest BCUT2D eigenvalue weighted by molar-refractivity contribution is 8.02. The normalized spacial score (nSPS) is 11.4. The first-order valence-electron chi connectivity index (χ1n) is 22.1. The quantitative estimate of drug-likeness (QED) is 0.0806. The SMILES string of the molecule is O=C(c1ccc(Oc2ccccc2[P+](c2ccccc2)(c2ccccc2)c2ccccc2)cc1)c1ccc(Oc2ccccc2[P+](c2ccccc2)(c2ccccc2)c2ccccc2)cc1. The highest BCUT2D eigenvalue weighted by Gasteiger charge is 2.51. The van der Waals surface area contributed by atoms with Crippen molar-refractivity contribution in [3.8, 4) is 23.0 Å². The first-order valence-corrected chi connectivity index (χ1v) is 25.6. The summed E-state index contributed by atoms with van der Waals surface area (Å²) in [6.07, 6.45) is 0. The van der Waals surface area contributed by atoms with Gasteiger partial charge in [0, 0.05) is 11.1 Å². The Kier molecular flexibility index (Phi) is 12.3. The third kappa shape index (κ3) is 8.05. The molecule has 10 aromatic carbocycles. The van der Waals surface area contributed by atoms with Gasteiger partial charge in [-0.1, -0.05) is 133 Å². The molecule has 66 heavy (non-hydrogen) atoms. The van der Waals surface area contributed by atoms with E-state index >= 15 is 0 Å². The molecule has 0 aliphatic heterocycles. The minimum atomic E-state index is -2.41.